The number of halogens is 2. The molecule has 2 rings (SSSR count). The normalized spacial score (nSPS) is 16.9. The van der Waals surface area contributed by atoms with Crippen LogP contribution in [0, 0.1) is 6.92 Å². The third-order valence-electron chi connectivity index (χ3n) is 2.45. The SMILES string of the molecule is Cc1cnc(C2CCNCC2)[nH]1.Cl.Cl. The summed E-state index contributed by atoms with van der Waals surface area (Å²) in [6, 6.07) is 0. The van der Waals surface area contributed by atoms with Crippen LogP contribution in [0.25, 0.3) is 0 Å². The molecule has 0 spiro atoms. The van der Waals surface area contributed by atoms with Crippen LogP contribution < -0.4 is 5.32 Å². The van der Waals surface area contributed by atoms with E-state index in [1.54, 1.807) is 0 Å². The second kappa shape index (κ2) is 6.27. The summed E-state index contributed by atoms with van der Waals surface area (Å²) in [4.78, 5) is 7.66. The van der Waals surface area contributed by atoms with Gasteiger partial charge in [0.25, 0.3) is 0 Å². The Hall–Kier alpha value is -0.250. The number of rotatable bonds is 1. The van der Waals surface area contributed by atoms with Crippen molar-refractivity contribution < 1.29 is 0 Å². The Morgan fingerprint density at radius 1 is 1.29 bits per heavy atom. The van der Waals surface area contributed by atoms with Gasteiger partial charge < -0.3 is 10.3 Å². The lowest BCUT2D eigenvalue weighted by Gasteiger charge is -2.20. The van der Waals surface area contributed by atoms with Gasteiger partial charge in [0, 0.05) is 17.8 Å². The van der Waals surface area contributed by atoms with Crippen LogP contribution in [0.4, 0.5) is 0 Å². The second-order valence-corrected chi connectivity index (χ2v) is 3.48. The number of nitrogens with one attached hydrogen (secondary N) is 2. The summed E-state index contributed by atoms with van der Waals surface area (Å²) in [5, 5.41) is 3.35. The minimum atomic E-state index is 0. The Morgan fingerprint density at radius 2 is 1.93 bits per heavy atom. The van der Waals surface area contributed by atoms with E-state index in [-0.39, 0.29) is 24.8 Å². The maximum absolute atomic E-state index is 4.36. The van der Waals surface area contributed by atoms with Crippen molar-refractivity contribution in [2.45, 2.75) is 25.7 Å². The number of aromatic nitrogens is 2. The van der Waals surface area contributed by atoms with Gasteiger partial charge in [0.15, 0.2) is 0 Å². The molecule has 0 radical (unpaired) electrons. The number of aromatic amines is 1. The van der Waals surface area contributed by atoms with Crippen molar-refractivity contribution in [1.82, 2.24) is 15.3 Å². The van der Waals surface area contributed by atoms with E-state index in [0.717, 1.165) is 13.1 Å². The first-order valence-electron chi connectivity index (χ1n) is 4.58. The smallest absolute Gasteiger partial charge is 0.109 e. The van der Waals surface area contributed by atoms with Crippen LogP contribution in [0.5, 0.6) is 0 Å². The van der Waals surface area contributed by atoms with Gasteiger partial charge in [-0.05, 0) is 32.9 Å². The summed E-state index contributed by atoms with van der Waals surface area (Å²) >= 11 is 0. The van der Waals surface area contributed by atoms with E-state index in [9.17, 15) is 0 Å². The fourth-order valence-electron chi connectivity index (χ4n) is 1.74. The van der Waals surface area contributed by atoms with Crippen LogP contribution in [0.3, 0.4) is 0 Å². The van der Waals surface area contributed by atoms with E-state index >= 15 is 0 Å². The van der Waals surface area contributed by atoms with Gasteiger partial charge in [0.2, 0.25) is 0 Å². The highest BCUT2D eigenvalue weighted by atomic mass is 35.5. The average molecular weight is 238 g/mol. The molecule has 14 heavy (non-hydrogen) atoms. The Bertz CT molecular complexity index is 256. The quantitative estimate of drug-likeness (QED) is 0.785. The highest BCUT2D eigenvalue weighted by Crippen LogP contribution is 2.21. The molecule has 0 unspecified atom stereocenters. The van der Waals surface area contributed by atoms with E-state index in [4.69, 9.17) is 0 Å². The molecule has 1 fully saturated rings. The number of piperidine rings is 1. The summed E-state index contributed by atoms with van der Waals surface area (Å²) in [6.07, 6.45) is 4.34. The zero-order valence-corrected chi connectivity index (χ0v) is 9.88. The highest BCUT2D eigenvalue weighted by Gasteiger charge is 2.16. The molecule has 0 bridgehead atoms. The van der Waals surface area contributed by atoms with Crippen LogP contribution in [-0.2, 0) is 0 Å². The number of hydrogen-bond donors (Lipinski definition) is 2. The number of imidazole rings is 1. The zero-order chi connectivity index (χ0) is 8.39. The summed E-state index contributed by atoms with van der Waals surface area (Å²) in [5.41, 5.74) is 1.17. The highest BCUT2D eigenvalue weighted by molar-refractivity contribution is 5.85. The Morgan fingerprint density at radius 3 is 2.43 bits per heavy atom. The van der Waals surface area contributed by atoms with Gasteiger partial charge in [0.1, 0.15) is 5.82 Å². The molecule has 5 heteroatoms. The van der Waals surface area contributed by atoms with Crippen molar-refractivity contribution in [2.24, 2.45) is 0 Å². The molecule has 3 nitrogen and oxygen atoms in total. The molecular weight excluding hydrogens is 221 g/mol. The number of H-pyrrole nitrogens is 1. The Labute approximate surface area is 96.9 Å². The molecule has 1 aromatic heterocycles. The van der Waals surface area contributed by atoms with E-state index in [0.29, 0.717) is 5.92 Å². The van der Waals surface area contributed by atoms with Gasteiger partial charge in [0.05, 0.1) is 0 Å². The summed E-state index contributed by atoms with van der Waals surface area (Å²) < 4.78 is 0. The van der Waals surface area contributed by atoms with Gasteiger partial charge in [-0.1, -0.05) is 0 Å². The molecule has 0 aromatic carbocycles. The largest absolute Gasteiger partial charge is 0.346 e. The van der Waals surface area contributed by atoms with Crippen molar-refractivity contribution in [3.8, 4) is 0 Å². The van der Waals surface area contributed by atoms with Gasteiger partial charge in [-0.15, -0.1) is 24.8 Å². The molecule has 2 N–H and O–H groups in total. The van der Waals surface area contributed by atoms with Gasteiger partial charge in [-0.2, -0.15) is 0 Å². The molecule has 1 aliphatic heterocycles. The molecule has 1 aliphatic rings. The summed E-state index contributed by atoms with van der Waals surface area (Å²) in [7, 11) is 0. The lowest BCUT2D eigenvalue weighted by Crippen LogP contribution is -2.27. The average Bonchev–Trinajstić information content (AvgIpc) is 2.54. The number of hydrogen-bond acceptors (Lipinski definition) is 2. The van der Waals surface area contributed by atoms with Crippen molar-refractivity contribution >= 4 is 24.8 Å². The van der Waals surface area contributed by atoms with Crippen LogP contribution >= 0.6 is 24.8 Å². The first kappa shape index (κ1) is 13.8. The third kappa shape index (κ3) is 3.15. The minimum absolute atomic E-state index is 0. The Balaban J connectivity index is 0.000000845. The molecule has 0 atom stereocenters. The maximum Gasteiger partial charge on any atom is 0.109 e. The van der Waals surface area contributed by atoms with Gasteiger partial charge in [-0.3, -0.25) is 0 Å². The summed E-state index contributed by atoms with van der Waals surface area (Å²) in [6.45, 7) is 4.31. The van der Waals surface area contributed by atoms with E-state index in [1.165, 1.54) is 24.4 Å². The lowest BCUT2D eigenvalue weighted by atomic mass is 9.98. The predicted octanol–water partition coefficient (Wildman–Crippen LogP) is 2.03. The monoisotopic (exact) mass is 237 g/mol. The fourth-order valence-corrected chi connectivity index (χ4v) is 1.74. The molecule has 82 valence electrons. The van der Waals surface area contributed by atoms with Crippen molar-refractivity contribution in [2.75, 3.05) is 13.1 Å². The minimum Gasteiger partial charge on any atom is -0.346 e. The van der Waals surface area contributed by atoms with E-state index < -0.39 is 0 Å². The molecule has 1 aromatic rings. The second-order valence-electron chi connectivity index (χ2n) is 3.48. The van der Waals surface area contributed by atoms with Gasteiger partial charge in [-0.25, -0.2) is 4.98 Å². The molecule has 1 saturated heterocycles. The summed E-state index contributed by atoms with van der Waals surface area (Å²) in [5.74, 6) is 1.83. The fraction of sp³-hybridized carbons (Fsp3) is 0.667. The lowest BCUT2D eigenvalue weighted by molar-refractivity contribution is 0.447. The first-order valence-corrected chi connectivity index (χ1v) is 4.58. The number of nitrogens with zero attached hydrogens (tertiary/aromatic N) is 1. The van der Waals surface area contributed by atoms with E-state index in [1.807, 2.05) is 6.20 Å². The van der Waals surface area contributed by atoms with Crippen molar-refractivity contribution in [3.63, 3.8) is 0 Å². The predicted molar refractivity (Wildman–Crippen MR) is 62.7 cm³/mol. The molecule has 0 aliphatic carbocycles. The van der Waals surface area contributed by atoms with Gasteiger partial charge >= 0.3 is 0 Å². The standard InChI is InChI=1S/C9H15N3.2ClH/c1-7-6-11-9(12-7)8-2-4-10-5-3-8;;/h6,8,10H,2-5H2,1H3,(H,11,12);2*1H. The van der Waals surface area contributed by atoms with Crippen LogP contribution in [-0.4, -0.2) is 23.1 Å². The van der Waals surface area contributed by atoms with Crippen molar-refractivity contribution in [3.05, 3.63) is 17.7 Å². The van der Waals surface area contributed by atoms with Crippen molar-refractivity contribution in [1.29, 1.82) is 0 Å². The molecule has 2 heterocycles. The molecule has 0 saturated carbocycles. The zero-order valence-electron chi connectivity index (χ0n) is 8.25. The third-order valence-corrected chi connectivity index (χ3v) is 2.45. The van der Waals surface area contributed by atoms with Crippen LogP contribution in [0.2, 0.25) is 0 Å². The van der Waals surface area contributed by atoms with Crippen LogP contribution in [0.15, 0.2) is 6.20 Å². The van der Waals surface area contributed by atoms with E-state index in [2.05, 4.69) is 22.2 Å². The molecule has 0 amide bonds. The topological polar surface area (TPSA) is 40.7 Å². The number of aryl methyl sites for hydroxylation is 1. The maximum atomic E-state index is 4.36. The Kier molecular flexibility index (Phi) is 6.16. The van der Waals surface area contributed by atoms with Crippen LogP contribution in [0.1, 0.15) is 30.3 Å². The molecular formula is C9H17Cl2N3. The first-order chi connectivity index (χ1) is 5.86.